The molecular formula is C14H22N2O3S. The summed E-state index contributed by atoms with van der Waals surface area (Å²) >= 11 is 1.64. The van der Waals surface area contributed by atoms with Crippen molar-refractivity contribution in [2.75, 3.05) is 12.0 Å². The third-order valence-corrected chi connectivity index (χ3v) is 3.62. The highest BCUT2D eigenvalue weighted by molar-refractivity contribution is 7.98. The van der Waals surface area contributed by atoms with Gasteiger partial charge < -0.3 is 15.1 Å². The van der Waals surface area contributed by atoms with Gasteiger partial charge in [-0.15, -0.1) is 0 Å². The number of carbonyl (C=O) groups is 2. The third-order valence-electron chi connectivity index (χ3n) is 2.98. The summed E-state index contributed by atoms with van der Waals surface area (Å²) in [6.07, 6.45) is 4.85. The highest BCUT2D eigenvalue weighted by Gasteiger charge is 2.22. The molecule has 20 heavy (non-hydrogen) atoms. The number of nitrogens with one attached hydrogen (secondary N) is 2. The van der Waals surface area contributed by atoms with Crippen LogP contribution in [-0.4, -0.2) is 35.9 Å². The van der Waals surface area contributed by atoms with Gasteiger partial charge in [0.25, 0.3) is 5.91 Å². The molecule has 2 amide bonds. The Balaban J connectivity index is 2.63. The zero-order valence-electron chi connectivity index (χ0n) is 12.1. The molecule has 2 N–H and O–H groups in total. The van der Waals surface area contributed by atoms with Gasteiger partial charge in [-0.2, -0.15) is 11.8 Å². The Kier molecular flexibility index (Phi) is 7.22. The number of furan rings is 1. The van der Waals surface area contributed by atoms with Gasteiger partial charge in [-0.3, -0.25) is 9.59 Å². The van der Waals surface area contributed by atoms with Crippen LogP contribution in [0.1, 0.15) is 37.2 Å². The van der Waals surface area contributed by atoms with Crippen LogP contribution in [0.5, 0.6) is 0 Å². The zero-order chi connectivity index (χ0) is 15.0. The molecule has 1 heterocycles. The fourth-order valence-electron chi connectivity index (χ4n) is 1.59. The Bertz CT molecular complexity index is 420. The Labute approximate surface area is 123 Å². The molecule has 6 heteroatoms. The lowest BCUT2D eigenvalue weighted by Crippen LogP contribution is -2.49. The highest BCUT2D eigenvalue weighted by atomic mass is 32.2. The predicted octanol–water partition coefficient (Wildman–Crippen LogP) is 2.05. The number of carbonyl (C=O) groups excluding carboxylic acids is 2. The van der Waals surface area contributed by atoms with E-state index in [0.717, 1.165) is 12.2 Å². The van der Waals surface area contributed by atoms with Crippen molar-refractivity contribution in [2.45, 2.75) is 38.8 Å². The molecule has 0 saturated carbocycles. The van der Waals surface area contributed by atoms with Gasteiger partial charge in [-0.25, -0.2) is 0 Å². The van der Waals surface area contributed by atoms with Crippen LogP contribution < -0.4 is 10.6 Å². The van der Waals surface area contributed by atoms with E-state index in [-0.39, 0.29) is 23.6 Å². The lowest BCUT2D eigenvalue weighted by molar-refractivity contribution is -0.123. The maximum atomic E-state index is 12.2. The van der Waals surface area contributed by atoms with Crippen LogP contribution >= 0.6 is 11.8 Å². The summed E-state index contributed by atoms with van der Waals surface area (Å²) in [6, 6.07) is 2.78. The van der Waals surface area contributed by atoms with Gasteiger partial charge in [0.15, 0.2) is 5.76 Å². The fourth-order valence-corrected chi connectivity index (χ4v) is 2.06. The van der Waals surface area contributed by atoms with Crippen molar-refractivity contribution in [3.63, 3.8) is 0 Å². The van der Waals surface area contributed by atoms with E-state index in [1.165, 1.54) is 6.26 Å². The summed E-state index contributed by atoms with van der Waals surface area (Å²) in [5.74, 6) is 0.515. The molecule has 1 aromatic heterocycles. The molecule has 0 fully saturated rings. The lowest BCUT2D eigenvalue weighted by Gasteiger charge is -2.20. The third kappa shape index (κ3) is 5.28. The normalized spacial score (nSPS) is 13.6. The van der Waals surface area contributed by atoms with E-state index in [0.29, 0.717) is 6.42 Å². The minimum Gasteiger partial charge on any atom is -0.459 e. The fraction of sp³-hybridized carbons (Fsp3) is 0.571. The zero-order valence-corrected chi connectivity index (χ0v) is 13.0. The van der Waals surface area contributed by atoms with Gasteiger partial charge in [-0.1, -0.05) is 6.92 Å². The van der Waals surface area contributed by atoms with E-state index < -0.39 is 6.04 Å². The van der Waals surface area contributed by atoms with Crippen LogP contribution in [0.4, 0.5) is 0 Å². The summed E-state index contributed by atoms with van der Waals surface area (Å²) in [7, 11) is 0. The van der Waals surface area contributed by atoms with Crippen LogP contribution in [0, 0.1) is 0 Å². The first kappa shape index (κ1) is 16.6. The van der Waals surface area contributed by atoms with Crippen LogP contribution in [0.3, 0.4) is 0 Å². The summed E-state index contributed by atoms with van der Waals surface area (Å²) in [6.45, 7) is 3.95. The molecule has 0 aromatic carbocycles. The van der Waals surface area contributed by atoms with Gasteiger partial charge >= 0.3 is 0 Å². The van der Waals surface area contributed by atoms with E-state index in [4.69, 9.17) is 4.42 Å². The maximum Gasteiger partial charge on any atom is 0.287 e. The standard InChI is InChI=1S/C14H22N2O3S/c1-4-10(2)15-13(17)11(7-9-20-3)16-14(18)12-6-5-8-19-12/h5-6,8,10-11H,4,7,9H2,1-3H3,(H,15,17)(H,16,18)/t10-,11+/m1/s1. The maximum absolute atomic E-state index is 12.2. The van der Waals surface area contributed by atoms with Crippen LogP contribution in [-0.2, 0) is 4.79 Å². The SMILES string of the molecule is CC[C@@H](C)NC(=O)[C@H](CCSC)NC(=O)c1ccco1. The van der Waals surface area contributed by atoms with E-state index >= 15 is 0 Å². The van der Waals surface area contributed by atoms with Gasteiger partial charge in [-0.05, 0) is 43.9 Å². The Morgan fingerprint density at radius 1 is 1.40 bits per heavy atom. The van der Waals surface area contributed by atoms with Gasteiger partial charge in [0.2, 0.25) is 5.91 Å². The minimum absolute atomic E-state index is 0.0970. The van der Waals surface area contributed by atoms with Crippen LogP contribution in [0.2, 0.25) is 0 Å². The molecule has 112 valence electrons. The molecule has 1 rings (SSSR count). The number of thioether (sulfide) groups is 1. The summed E-state index contributed by atoms with van der Waals surface area (Å²) in [4.78, 5) is 24.1. The van der Waals surface area contributed by atoms with E-state index in [1.807, 2.05) is 20.1 Å². The second-order valence-electron chi connectivity index (χ2n) is 4.60. The Hall–Kier alpha value is -1.43. The summed E-state index contributed by atoms with van der Waals surface area (Å²) in [5, 5.41) is 5.62. The van der Waals surface area contributed by atoms with Gasteiger partial charge in [0.05, 0.1) is 6.26 Å². The van der Waals surface area contributed by atoms with E-state index in [2.05, 4.69) is 10.6 Å². The second kappa shape index (κ2) is 8.68. The van der Waals surface area contributed by atoms with Crippen molar-refractivity contribution < 1.29 is 14.0 Å². The molecular weight excluding hydrogens is 276 g/mol. The molecule has 0 aliphatic carbocycles. The smallest absolute Gasteiger partial charge is 0.287 e. The van der Waals surface area contributed by atoms with E-state index in [1.54, 1.807) is 23.9 Å². The second-order valence-corrected chi connectivity index (χ2v) is 5.59. The summed E-state index contributed by atoms with van der Waals surface area (Å²) < 4.78 is 5.03. The molecule has 2 atom stereocenters. The van der Waals surface area contributed by atoms with Crippen molar-refractivity contribution in [1.82, 2.24) is 10.6 Å². The lowest BCUT2D eigenvalue weighted by atomic mass is 10.1. The molecule has 0 unspecified atom stereocenters. The molecule has 0 aliphatic rings. The largest absolute Gasteiger partial charge is 0.459 e. The number of amides is 2. The number of hydrogen-bond acceptors (Lipinski definition) is 4. The molecule has 1 aromatic rings. The molecule has 0 saturated heterocycles. The van der Waals surface area contributed by atoms with Crippen molar-refractivity contribution in [3.05, 3.63) is 24.2 Å². The monoisotopic (exact) mass is 298 g/mol. The quantitative estimate of drug-likeness (QED) is 0.770. The van der Waals surface area contributed by atoms with Crippen LogP contribution in [0.25, 0.3) is 0 Å². The minimum atomic E-state index is -0.533. The molecule has 0 bridgehead atoms. The highest BCUT2D eigenvalue weighted by Crippen LogP contribution is 2.05. The van der Waals surface area contributed by atoms with Crippen molar-refractivity contribution in [3.8, 4) is 0 Å². The van der Waals surface area contributed by atoms with Crippen LogP contribution in [0.15, 0.2) is 22.8 Å². The van der Waals surface area contributed by atoms with Gasteiger partial charge in [0, 0.05) is 6.04 Å². The average Bonchev–Trinajstić information content (AvgIpc) is 2.97. The Morgan fingerprint density at radius 3 is 2.70 bits per heavy atom. The molecule has 0 aliphatic heterocycles. The molecule has 5 nitrogen and oxygen atoms in total. The molecule has 0 radical (unpaired) electrons. The van der Waals surface area contributed by atoms with Gasteiger partial charge in [0.1, 0.15) is 6.04 Å². The first-order chi connectivity index (χ1) is 9.58. The first-order valence-electron chi connectivity index (χ1n) is 6.72. The number of hydrogen-bond donors (Lipinski definition) is 2. The van der Waals surface area contributed by atoms with Crippen molar-refractivity contribution in [1.29, 1.82) is 0 Å². The topological polar surface area (TPSA) is 71.3 Å². The van der Waals surface area contributed by atoms with Crippen molar-refractivity contribution >= 4 is 23.6 Å². The molecule has 0 spiro atoms. The Morgan fingerprint density at radius 2 is 2.15 bits per heavy atom. The van der Waals surface area contributed by atoms with Crippen molar-refractivity contribution in [2.24, 2.45) is 0 Å². The van der Waals surface area contributed by atoms with E-state index in [9.17, 15) is 9.59 Å². The average molecular weight is 298 g/mol. The number of rotatable bonds is 8. The predicted molar refractivity (Wildman–Crippen MR) is 80.9 cm³/mol. The summed E-state index contributed by atoms with van der Waals surface area (Å²) in [5.41, 5.74) is 0. The first-order valence-corrected chi connectivity index (χ1v) is 8.11.